The van der Waals surface area contributed by atoms with Gasteiger partial charge in [-0.15, -0.1) is 0 Å². The van der Waals surface area contributed by atoms with Crippen molar-refractivity contribution in [2.75, 3.05) is 11.9 Å². The molecule has 0 spiro atoms. The molecule has 0 radical (unpaired) electrons. The zero-order valence-electron chi connectivity index (χ0n) is 9.96. The average molecular weight is 304 g/mol. The Morgan fingerprint density at radius 2 is 2.25 bits per heavy atom. The fourth-order valence-electron chi connectivity index (χ4n) is 1.10. The van der Waals surface area contributed by atoms with Crippen molar-refractivity contribution in [1.82, 2.24) is 9.97 Å². The zero-order chi connectivity index (χ0) is 12.0. The van der Waals surface area contributed by atoms with E-state index < -0.39 is 0 Å². The SMILES string of the molecule is CCNc1nc(CSC(C)CC)ncc1Br. The first-order valence-corrected chi connectivity index (χ1v) is 7.38. The van der Waals surface area contributed by atoms with E-state index in [0.717, 1.165) is 28.4 Å². The molecule has 16 heavy (non-hydrogen) atoms. The van der Waals surface area contributed by atoms with Crippen LogP contribution < -0.4 is 5.32 Å². The Morgan fingerprint density at radius 1 is 1.50 bits per heavy atom. The van der Waals surface area contributed by atoms with Gasteiger partial charge in [-0.05, 0) is 29.3 Å². The van der Waals surface area contributed by atoms with E-state index in [0.29, 0.717) is 5.25 Å². The van der Waals surface area contributed by atoms with Crippen LogP contribution in [0.2, 0.25) is 0 Å². The summed E-state index contributed by atoms with van der Waals surface area (Å²) in [6.07, 6.45) is 3.00. The van der Waals surface area contributed by atoms with Crippen LogP contribution in [0.5, 0.6) is 0 Å². The molecule has 1 N–H and O–H groups in total. The number of anilines is 1. The van der Waals surface area contributed by atoms with Gasteiger partial charge in [0.25, 0.3) is 0 Å². The van der Waals surface area contributed by atoms with Crippen molar-refractivity contribution in [1.29, 1.82) is 0 Å². The quantitative estimate of drug-likeness (QED) is 0.869. The molecule has 3 nitrogen and oxygen atoms in total. The second kappa shape index (κ2) is 7.12. The monoisotopic (exact) mass is 303 g/mol. The van der Waals surface area contributed by atoms with Crippen LogP contribution in [0.4, 0.5) is 5.82 Å². The Bertz CT molecular complexity index is 333. The van der Waals surface area contributed by atoms with Crippen molar-refractivity contribution in [2.24, 2.45) is 0 Å². The van der Waals surface area contributed by atoms with Gasteiger partial charge in [-0.3, -0.25) is 0 Å². The van der Waals surface area contributed by atoms with Crippen molar-refractivity contribution >= 4 is 33.5 Å². The Balaban J connectivity index is 2.63. The fraction of sp³-hybridized carbons (Fsp3) is 0.636. The Labute approximate surface area is 110 Å². The van der Waals surface area contributed by atoms with Crippen molar-refractivity contribution < 1.29 is 0 Å². The van der Waals surface area contributed by atoms with Crippen molar-refractivity contribution in [3.05, 3.63) is 16.5 Å². The minimum absolute atomic E-state index is 0.662. The molecule has 1 heterocycles. The van der Waals surface area contributed by atoms with Gasteiger partial charge in [0, 0.05) is 18.0 Å². The maximum Gasteiger partial charge on any atom is 0.144 e. The Morgan fingerprint density at radius 3 is 2.88 bits per heavy atom. The molecule has 0 aliphatic rings. The average Bonchev–Trinajstić information content (AvgIpc) is 2.30. The molecule has 0 saturated heterocycles. The largest absolute Gasteiger partial charge is 0.369 e. The first kappa shape index (κ1) is 13.8. The number of rotatable bonds is 6. The smallest absolute Gasteiger partial charge is 0.144 e. The van der Waals surface area contributed by atoms with E-state index in [-0.39, 0.29) is 0 Å². The molecule has 0 amide bonds. The van der Waals surface area contributed by atoms with E-state index in [1.54, 1.807) is 0 Å². The summed E-state index contributed by atoms with van der Waals surface area (Å²) in [5.41, 5.74) is 0. The Hall–Kier alpha value is -0.290. The van der Waals surface area contributed by atoms with Gasteiger partial charge in [-0.2, -0.15) is 11.8 Å². The minimum atomic E-state index is 0.662. The highest BCUT2D eigenvalue weighted by Gasteiger charge is 2.06. The molecule has 90 valence electrons. The number of aromatic nitrogens is 2. The van der Waals surface area contributed by atoms with Crippen LogP contribution in [0, 0.1) is 0 Å². The molecule has 1 atom stereocenters. The third-order valence-electron chi connectivity index (χ3n) is 2.21. The molecule has 0 aliphatic heterocycles. The maximum atomic E-state index is 4.48. The summed E-state index contributed by atoms with van der Waals surface area (Å²) in [6, 6.07) is 0. The van der Waals surface area contributed by atoms with Gasteiger partial charge in [0.05, 0.1) is 10.2 Å². The molecule has 0 bridgehead atoms. The second-order valence-electron chi connectivity index (χ2n) is 3.54. The van der Waals surface area contributed by atoms with E-state index in [9.17, 15) is 0 Å². The molecule has 1 unspecified atom stereocenters. The summed E-state index contributed by atoms with van der Waals surface area (Å²) in [5.74, 6) is 2.66. The van der Waals surface area contributed by atoms with Crippen molar-refractivity contribution in [3.63, 3.8) is 0 Å². The van der Waals surface area contributed by atoms with Crippen LogP contribution in [0.25, 0.3) is 0 Å². The highest BCUT2D eigenvalue weighted by molar-refractivity contribution is 9.10. The number of hydrogen-bond acceptors (Lipinski definition) is 4. The number of nitrogens with zero attached hydrogens (tertiary/aromatic N) is 2. The third kappa shape index (κ3) is 4.29. The summed E-state index contributed by atoms with van der Waals surface area (Å²) in [4.78, 5) is 8.79. The van der Waals surface area contributed by atoms with E-state index in [1.165, 1.54) is 6.42 Å². The van der Waals surface area contributed by atoms with Gasteiger partial charge < -0.3 is 5.32 Å². The molecule has 0 aliphatic carbocycles. The molecule has 0 fully saturated rings. The highest BCUT2D eigenvalue weighted by atomic mass is 79.9. The number of hydrogen-bond donors (Lipinski definition) is 1. The van der Waals surface area contributed by atoms with Crippen LogP contribution >= 0.6 is 27.7 Å². The van der Waals surface area contributed by atoms with Gasteiger partial charge in [-0.1, -0.05) is 13.8 Å². The molecule has 0 aromatic carbocycles. The van der Waals surface area contributed by atoms with E-state index in [1.807, 2.05) is 18.0 Å². The van der Waals surface area contributed by atoms with Gasteiger partial charge in [0.15, 0.2) is 0 Å². The van der Waals surface area contributed by atoms with Gasteiger partial charge >= 0.3 is 0 Å². The van der Waals surface area contributed by atoms with Crippen LogP contribution in [0.15, 0.2) is 10.7 Å². The lowest BCUT2D eigenvalue weighted by atomic mass is 10.4. The standard InChI is InChI=1S/C11H18BrN3S/c1-4-8(3)16-7-10-14-6-9(12)11(15-10)13-5-2/h6,8H,4-5,7H2,1-3H3,(H,13,14,15). The summed E-state index contributed by atoms with van der Waals surface area (Å²) >= 11 is 5.32. The maximum absolute atomic E-state index is 4.48. The normalized spacial score (nSPS) is 12.5. The summed E-state index contributed by atoms with van der Waals surface area (Å²) < 4.78 is 0.923. The summed E-state index contributed by atoms with van der Waals surface area (Å²) in [5, 5.41) is 3.87. The lowest BCUT2D eigenvalue weighted by molar-refractivity contribution is 0.900. The first-order chi connectivity index (χ1) is 7.67. The van der Waals surface area contributed by atoms with Gasteiger partial charge in [-0.25, -0.2) is 9.97 Å². The van der Waals surface area contributed by atoms with Crippen molar-refractivity contribution in [3.8, 4) is 0 Å². The number of thioether (sulfide) groups is 1. The van der Waals surface area contributed by atoms with E-state index in [2.05, 4.69) is 52.0 Å². The lowest BCUT2D eigenvalue weighted by Crippen LogP contribution is -2.04. The van der Waals surface area contributed by atoms with Gasteiger partial charge in [0.2, 0.25) is 0 Å². The van der Waals surface area contributed by atoms with E-state index >= 15 is 0 Å². The first-order valence-electron chi connectivity index (χ1n) is 5.54. The van der Waals surface area contributed by atoms with E-state index in [4.69, 9.17) is 0 Å². The lowest BCUT2D eigenvalue weighted by Gasteiger charge is -2.09. The minimum Gasteiger partial charge on any atom is -0.369 e. The molecule has 1 aromatic rings. The predicted octanol–water partition coefficient (Wildman–Crippen LogP) is 3.70. The topological polar surface area (TPSA) is 37.8 Å². The molecular weight excluding hydrogens is 286 g/mol. The van der Waals surface area contributed by atoms with Crippen LogP contribution in [-0.2, 0) is 5.75 Å². The van der Waals surface area contributed by atoms with Crippen LogP contribution in [0.1, 0.15) is 33.0 Å². The summed E-state index contributed by atoms with van der Waals surface area (Å²) in [6.45, 7) is 7.36. The molecule has 0 saturated carbocycles. The fourth-order valence-corrected chi connectivity index (χ4v) is 2.24. The second-order valence-corrected chi connectivity index (χ2v) is 5.82. The molecular formula is C11H18BrN3S. The van der Waals surface area contributed by atoms with Gasteiger partial charge in [0.1, 0.15) is 11.6 Å². The Kier molecular flexibility index (Phi) is 6.13. The molecule has 1 rings (SSSR count). The van der Waals surface area contributed by atoms with Crippen LogP contribution in [-0.4, -0.2) is 21.8 Å². The third-order valence-corrected chi connectivity index (χ3v) is 4.12. The summed E-state index contributed by atoms with van der Waals surface area (Å²) in [7, 11) is 0. The number of nitrogens with one attached hydrogen (secondary N) is 1. The predicted molar refractivity (Wildman–Crippen MR) is 74.9 cm³/mol. The van der Waals surface area contributed by atoms with Crippen molar-refractivity contribution in [2.45, 2.75) is 38.2 Å². The number of halogens is 1. The van der Waals surface area contributed by atoms with Crippen LogP contribution in [0.3, 0.4) is 0 Å². The highest BCUT2D eigenvalue weighted by Crippen LogP contribution is 2.22. The molecule has 1 aromatic heterocycles. The molecule has 5 heteroatoms. The zero-order valence-corrected chi connectivity index (χ0v) is 12.4.